The number of nitrogens with two attached hydrogens (primary N) is 1. The Labute approximate surface area is 88.6 Å². The summed E-state index contributed by atoms with van der Waals surface area (Å²) in [5.41, 5.74) is 6.21. The molecule has 1 saturated heterocycles. The van der Waals surface area contributed by atoms with E-state index in [2.05, 4.69) is 9.97 Å². The van der Waals surface area contributed by atoms with Crippen LogP contribution in [0.15, 0.2) is 12.4 Å². The first-order valence-corrected chi connectivity index (χ1v) is 5.10. The molecule has 1 aliphatic heterocycles. The van der Waals surface area contributed by atoms with Gasteiger partial charge in [-0.1, -0.05) is 0 Å². The van der Waals surface area contributed by atoms with E-state index in [0.717, 1.165) is 25.1 Å². The summed E-state index contributed by atoms with van der Waals surface area (Å²) in [6.07, 6.45) is 5.64. The lowest BCUT2D eigenvalue weighted by Crippen LogP contribution is -2.14. The molecule has 2 heterocycles. The summed E-state index contributed by atoms with van der Waals surface area (Å²) in [6, 6.07) is 0. The third kappa shape index (κ3) is 3.14. The van der Waals surface area contributed by atoms with Crippen molar-refractivity contribution in [3.8, 4) is 0 Å². The summed E-state index contributed by atoms with van der Waals surface area (Å²) in [7, 11) is 0. The maximum atomic E-state index is 5.48. The molecule has 0 bridgehead atoms. The number of aromatic nitrogens is 2. The van der Waals surface area contributed by atoms with Gasteiger partial charge in [-0.2, -0.15) is 0 Å². The first-order chi connectivity index (χ1) is 7.34. The van der Waals surface area contributed by atoms with Crippen molar-refractivity contribution in [1.29, 1.82) is 0 Å². The van der Waals surface area contributed by atoms with E-state index in [9.17, 15) is 0 Å². The van der Waals surface area contributed by atoms with E-state index in [1.165, 1.54) is 6.20 Å². The Bertz CT molecular complexity index is 296. The molecule has 1 aliphatic rings. The van der Waals surface area contributed by atoms with Crippen LogP contribution in [0.25, 0.3) is 0 Å². The molecule has 15 heavy (non-hydrogen) atoms. The van der Waals surface area contributed by atoms with E-state index in [1.54, 1.807) is 6.20 Å². The SMILES string of the molecule is Nc1cnc(COCC2CCCO2)cn1. The second kappa shape index (κ2) is 5.04. The molecule has 0 saturated carbocycles. The second-order valence-corrected chi connectivity index (χ2v) is 3.58. The molecule has 1 fully saturated rings. The van der Waals surface area contributed by atoms with Crippen LogP contribution in [0.1, 0.15) is 18.5 Å². The molecule has 2 N–H and O–H groups in total. The van der Waals surface area contributed by atoms with Gasteiger partial charge in [-0.3, -0.25) is 4.98 Å². The minimum Gasteiger partial charge on any atom is -0.382 e. The molecule has 5 heteroatoms. The van der Waals surface area contributed by atoms with E-state index in [1.807, 2.05) is 0 Å². The highest BCUT2D eigenvalue weighted by Gasteiger charge is 2.15. The van der Waals surface area contributed by atoms with Crippen molar-refractivity contribution < 1.29 is 9.47 Å². The highest BCUT2D eigenvalue weighted by atomic mass is 16.5. The molecule has 5 nitrogen and oxygen atoms in total. The highest BCUT2D eigenvalue weighted by molar-refractivity contribution is 5.22. The van der Waals surface area contributed by atoms with Gasteiger partial charge in [0.15, 0.2) is 0 Å². The Morgan fingerprint density at radius 2 is 2.40 bits per heavy atom. The van der Waals surface area contributed by atoms with E-state index in [0.29, 0.717) is 19.0 Å². The smallest absolute Gasteiger partial charge is 0.141 e. The van der Waals surface area contributed by atoms with Crippen molar-refractivity contribution in [3.63, 3.8) is 0 Å². The zero-order valence-corrected chi connectivity index (χ0v) is 8.56. The average Bonchev–Trinajstić information content (AvgIpc) is 2.74. The number of hydrogen-bond acceptors (Lipinski definition) is 5. The molecule has 1 atom stereocenters. The topological polar surface area (TPSA) is 70.3 Å². The summed E-state index contributed by atoms with van der Waals surface area (Å²) >= 11 is 0. The summed E-state index contributed by atoms with van der Waals surface area (Å²) in [5.74, 6) is 0.429. The largest absolute Gasteiger partial charge is 0.382 e. The first-order valence-electron chi connectivity index (χ1n) is 5.10. The number of nitrogen functional groups attached to an aromatic ring is 1. The van der Waals surface area contributed by atoms with Gasteiger partial charge in [0.05, 0.1) is 37.4 Å². The van der Waals surface area contributed by atoms with Gasteiger partial charge < -0.3 is 15.2 Å². The quantitative estimate of drug-likeness (QED) is 0.792. The van der Waals surface area contributed by atoms with Gasteiger partial charge in [-0.15, -0.1) is 0 Å². The highest BCUT2D eigenvalue weighted by Crippen LogP contribution is 2.12. The maximum absolute atomic E-state index is 5.48. The molecule has 1 unspecified atom stereocenters. The minimum atomic E-state index is 0.256. The summed E-state index contributed by atoms with van der Waals surface area (Å²) < 4.78 is 10.9. The second-order valence-electron chi connectivity index (χ2n) is 3.58. The fraction of sp³-hybridized carbons (Fsp3) is 0.600. The van der Waals surface area contributed by atoms with Crippen molar-refractivity contribution in [2.24, 2.45) is 0 Å². The Kier molecular flexibility index (Phi) is 3.47. The van der Waals surface area contributed by atoms with Crippen LogP contribution < -0.4 is 5.73 Å². The Balaban J connectivity index is 1.71. The minimum absolute atomic E-state index is 0.256. The van der Waals surface area contributed by atoms with Gasteiger partial charge in [-0.05, 0) is 12.8 Å². The molecule has 82 valence electrons. The van der Waals surface area contributed by atoms with Crippen molar-refractivity contribution in [3.05, 3.63) is 18.1 Å². The van der Waals surface area contributed by atoms with Gasteiger partial charge in [0.25, 0.3) is 0 Å². The molecule has 1 aromatic heterocycles. The van der Waals surface area contributed by atoms with Crippen molar-refractivity contribution in [2.75, 3.05) is 18.9 Å². The van der Waals surface area contributed by atoms with Crippen molar-refractivity contribution in [2.45, 2.75) is 25.6 Å². The van der Waals surface area contributed by atoms with Crippen LogP contribution in [0.3, 0.4) is 0 Å². The molecular formula is C10H15N3O2. The van der Waals surface area contributed by atoms with Gasteiger partial charge in [-0.25, -0.2) is 4.98 Å². The van der Waals surface area contributed by atoms with Crippen LogP contribution in [0, 0.1) is 0 Å². The molecule has 0 amide bonds. The van der Waals surface area contributed by atoms with Gasteiger partial charge in [0, 0.05) is 6.61 Å². The normalized spacial score (nSPS) is 20.7. The first kappa shape index (κ1) is 10.3. The lowest BCUT2D eigenvalue weighted by molar-refractivity contribution is 0.00958. The van der Waals surface area contributed by atoms with Gasteiger partial charge in [0.1, 0.15) is 5.82 Å². The fourth-order valence-electron chi connectivity index (χ4n) is 1.51. The molecule has 2 rings (SSSR count). The summed E-state index contributed by atoms with van der Waals surface area (Å²) in [4.78, 5) is 8.02. The lowest BCUT2D eigenvalue weighted by atomic mass is 10.2. The predicted octanol–water partition coefficient (Wildman–Crippen LogP) is 0.754. The zero-order valence-electron chi connectivity index (χ0n) is 8.56. The Morgan fingerprint density at radius 3 is 3.07 bits per heavy atom. The zero-order chi connectivity index (χ0) is 10.5. The number of nitrogens with zero attached hydrogens (tertiary/aromatic N) is 2. The van der Waals surface area contributed by atoms with Crippen LogP contribution in [0.4, 0.5) is 5.82 Å². The number of ether oxygens (including phenoxy) is 2. The Hall–Kier alpha value is -1.20. The third-order valence-electron chi connectivity index (χ3n) is 2.30. The number of anilines is 1. The molecule has 0 spiro atoms. The van der Waals surface area contributed by atoms with Crippen LogP contribution in [-0.4, -0.2) is 29.3 Å². The lowest BCUT2D eigenvalue weighted by Gasteiger charge is -2.09. The Morgan fingerprint density at radius 1 is 1.47 bits per heavy atom. The average molecular weight is 209 g/mol. The predicted molar refractivity (Wildman–Crippen MR) is 55.1 cm³/mol. The van der Waals surface area contributed by atoms with E-state index >= 15 is 0 Å². The van der Waals surface area contributed by atoms with Gasteiger partial charge >= 0.3 is 0 Å². The van der Waals surface area contributed by atoms with Crippen LogP contribution >= 0.6 is 0 Å². The van der Waals surface area contributed by atoms with Crippen LogP contribution in [-0.2, 0) is 16.1 Å². The van der Waals surface area contributed by atoms with Crippen molar-refractivity contribution in [1.82, 2.24) is 9.97 Å². The molecular weight excluding hydrogens is 194 g/mol. The van der Waals surface area contributed by atoms with E-state index in [4.69, 9.17) is 15.2 Å². The molecule has 0 aromatic carbocycles. The van der Waals surface area contributed by atoms with Gasteiger partial charge in [0.2, 0.25) is 0 Å². The standard InChI is InChI=1S/C10H15N3O2/c11-10-5-12-8(4-13-10)6-14-7-9-2-1-3-15-9/h4-5,9H,1-3,6-7H2,(H2,11,13). The van der Waals surface area contributed by atoms with E-state index < -0.39 is 0 Å². The van der Waals surface area contributed by atoms with Crippen LogP contribution in [0.2, 0.25) is 0 Å². The van der Waals surface area contributed by atoms with Crippen molar-refractivity contribution >= 4 is 5.82 Å². The maximum Gasteiger partial charge on any atom is 0.141 e. The molecule has 0 radical (unpaired) electrons. The van der Waals surface area contributed by atoms with E-state index in [-0.39, 0.29) is 6.10 Å². The molecule has 0 aliphatic carbocycles. The summed E-state index contributed by atoms with van der Waals surface area (Å²) in [5, 5.41) is 0. The monoisotopic (exact) mass is 209 g/mol. The van der Waals surface area contributed by atoms with Crippen LogP contribution in [0.5, 0.6) is 0 Å². The third-order valence-corrected chi connectivity index (χ3v) is 2.30. The fourth-order valence-corrected chi connectivity index (χ4v) is 1.51. The molecule has 1 aromatic rings. The summed E-state index contributed by atoms with van der Waals surface area (Å²) in [6.45, 7) is 1.95. The number of rotatable bonds is 4. The number of hydrogen-bond donors (Lipinski definition) is 1.